The summed E-state index contributed by atoms with van der Waals surface area (Å²) in [6, 6.07) is -0.612. The van der Waals surface area contributed by atoms with E-state index in [0.29, 0.717) is 19.5 Å². The lowest BCUT2D eigenvalue weighted by atomic mass is 9.94. The molecule has 3 amide bonds. The number of amides is 3. The molecule has 0 spiro atoms. The Balaban J connectivity index is 2.98. The van der Waals surface area contributed by atoms with Gasteiger partial charge in [0, 0.05) is 25.4 Å². The van der Waals surface area contributed by atoms with Crippen LogP contribution in [-0.2, 0) is 14.4 Å². The van der Waals surface area contributed by atoms with Crippen molar-refractivity contribution in [2.45, 2.75) is 77.7 Å². The fourth-order valence-electron chi connectivity index (χ4n) is 3.89. The van der Waals surface area contributed by atoms with Gasteiger partial charge in [-0.2, -0.15) is 0 Å². The predicted molar refractivity (Wildman–Crippen MR) is 117 cm³/mol. The van der Waals surface area contributed by atoms with Crippen LogP contribution in [0.1, 0.15) is 71.6 Å². The summed E-state index contributed by atoms with van der Waals surface area (Å²) in [5.41, 5.74) is 1.62. The van der Waals surface area contributed by atoms with Gasteiger partial charge in [0.05, 0.1) is 0 Å². The average molecular weight is 427 g/mol. The first-order valence-electron chi connectivity index (χ1n) is 11.4. The fourth-order valence-corrected chi connectivity index (χ4v) is 3.89. The molecule has 2 atom stereocenters. The predicted octanol–water partition coefficient (Wildman–Crippen LogP) is 2.16. The van der Waals surface area contributed by atoms with Crippen LogP contribution in [0.4, 0.5) is 0 Å². The summed E-state index contributed by atoms with van der Waals surface area (Å²) in [6.45, 7) is 6.15. The molecule has 0 saturated carbocycles. The van der Waals surface area contributed by atoms with Crippen molar-refractivity contribution in [2.24, 2.45) is 11.8 Å². The van der Waals surface area contributed by atoms with Gasteiger partial charge in [-0.1, -0.05) is 46.0 Å². The van der Waals surface area contributed by atoms with E-state index >= 15 is 0 Å². The van der Waals surface area contributed by atoms with Crippen molar-refractivity contribution in [1.82, 2.24) is 20.6 Å². The van der Waals surface area contributed by atoms with E-state index in [0.717, 1.165) is 51.5 Å². The molecule has 0 radical (unpaired) electrons. The van der Waals surface area contributed by atoms with Gasteiger partial charge in [0.15, 0.2) is 0 Å². The van der Waals surface area contributed by atoms with Crippen LogP contribution < -0.4 is 10.8 Å². The molecule has 0 aromatic carbocycles. The molecule has 3 N–H and O–H groups in total. The molecule has 1 aliphatic heterocycles. The fraction of sp³-hybridized carbons (Fsp3) is 0.864. The minimum absolute atomic E-state index is 0.0421. The molecule has 1 saturated heterocycles. The van der Waals surface area contributed by atoms with Gasteiger partial charge in [0.1, 0.15) is 6.04 Å². The van der Waals surface area contributed by atoms with E-state index in [1.807, 2.05) is 32.8 Å². The van der Waals surface area contributed by atoms with Crippen LogP contribution in [-0.4, -0.2) is 72.5 Å². The Morgan fingerprint density at radius 1 is 1.17 bits per heavy atom. The summed E-state index contributed by atoms with van der Waals surface area (Å²) in [5, 5.41) is 11.8. The quantitative estimate of drug-likeness (QED) is 0.428. The van der Waals surface area contributed by atoms with Crippen LogP contribution >= 0.6 is 0 Å². The molecule has 1 heterocycles. The third-order valence-corrected chi connectivity index (χ3v) is 5.73. The molecule has 0 aliphatic carbocycles. The second-order valence-corrected chi connectivity index (χ2v) is 9.06. The molecule has 8 nitrogen and oxygen atoms in total. The normalized spacial score (nSPS) is 22.7. The van der Waals surface area contributed by atoms with Crippen LogP contribution in [0.25, 0.3) is 0 Å². The summed E-state index contributed by atoms with van der Waals surface area (Å²) < 4.78 is 0. The molecule has 174 valence electrons. The molecule has 0 aromatic rings. The monoisotopic (exact) mass is 426 g/mol. The smallest absolute Gasteiger partial charge is 0.245 e. The van der Waals surface area contributed by atoms with Crippen LogP contribution in [0.15, 0.2) is 0 Å². The van der Waals surface area contributed by atoms with E-state index < -0.39 is 17.9 Å². The number of carbonyl (C=O) groups is 3. The molecule has 30 heavy (non-hydrogen) atoms. The first-order valence-corrected chi connectivity index (χ1v) is 11.4. The maximum atomic E-state index is 13.3. The Kier molecular flexibility index (Phi) is 12.6. The summed E-state index contributed by atoms with van der Waals surface area (Å²) in [7, 11) is 4.04. The highest BCUT2D eigenvalue weighted by Gasteiger charge is 2.31. The number of rotatable bonds is 7. The maximum absolute atomic E-state index is 13.3. The molecular weight excluding hydrogens is 384 g/mol. The SMILES string of the molecule is CC(C)C1NC(=O)C(CC(=O)NO)CCCCCCCCN(CCCN(C)C)C1=O. The molecule has 1 aliphatic rings. The van der Waals surface area contributed by atoms with Crippen molar-refractivity contribution < 1.29 is 19.6 Å². The molecular formula is C22H42N4O4. The van der Waals surface area contributed by atoms with Crippen molar-refractivity contribution in [3.63, 3.8) is 0 Å². The van der Waals surface area contributed by atoms with Crippen LogP contribution in [0, 0.1) is 11.8 Å². The minimum atomic E-state index is -0.612. The Morgan fingerprint density at radius 3 is 2.40 bits per heavy atom. The van der Waals surface area contributed by atoms with Crippen molar-refractivity contribution >= 4 is 17.7 Å². The van der Waals surface area contributed by atoms with Gasteiger partial charge in [0.25, 0.3) is 0 Å². The Hall–Kier alpha value is -1.67. The van der Waals surface area contributed by atoms with E-state index in [-0.39, 0.29) is 24.2 Å². The zero-order chi connectivity index (χ0) is 22.5. The second-order valence-electron chi connectivity index (χ2n) is 9.06. The topological polar surface area (TPSA) is 102 Å². The third kappa shape index (κ3) is 9.89. The van der Waals surface area contributed by atoms with E-state index in [2.05, 4.69) is 10.2 Å². The van der Waals surface area contributed by atoms with Gasteiger partial charge in [-0.3, -0.25) is 19.6 Å². The maximum Gasteiger partial charge on any atom is 0.245 e. The number of carbonyl (C=O) groups excluding carboxylic acids is 3. The van der Waals surface area contributed by atoms with E-state index in [9.17, 15) is 14.4 Å². The van der Waals surface area contributed by atoms with Crippen LogP contribution in [0.5, 0.6) is 0 Å². The molecule has 2 unspecified atom stereocenters. The van der Waals surface area contributed by atoms with E-state index in [1.165, 1.54) is 0 Å². The molecule has 0 bridgehead atoms. The zero-order valence-corrected chi connectivity index (χ0v) is 19.3. The Morgan fingerprint density at radius 2 is 1.80 bits per heavy atom. The standard InChI is InChI=1S/C22H42N4O4/c1-17(2)20-22(29)26(15-11-13-25(3)4)14-10-8-6-5-7-9-12-18(21(28)23-20)16-19(27)24-30/h17-18,20,30H,5-16H2,1-4H3,(H,23,28)(H,24,27). The number of nitrogens with one attached hydrogen (secondary N) is 2. The Bertz CT molecular complexity index is 539. The molecule has 8 heteroatoms. The zero-order valence-electron chi connectivity index (χ0n) is 19.3. The van der Waals surface area contributed by atoms with Gasteiger partial charge in [-0.05, 0) is 45.8 Å². The summed E-state index contributed by atoms with van der Waals surface area (Å²) in [4.78, 5) is 42.0. The summed E-state index contributed by atoms with van der Waals surface area (Å²) >= 11 is 0. The van der Waals surface area contributed by atoms with Crippen molar-refractivity contribution in [3.8, 4) is 0 Å². The van der Waals surface area contributed by atoms with Crippen LogP contribution in [0.2, 0.25) is 0 Å². The van der Waals surface area contributed by atoms with Crippen LogP contribution in [0.3, 0.4) is 0 Å². The first kappa shape index (κ1) is 26.4. The number of hydroxylamine groups is 1. The van der Waals surface area contributed by atoms with Gasteiger partial charge in [0.2, 0.25) is 17.7 Å². The third-order valence-electron chi connectivity index (χ3n) is 5.73. The molecule has 1 fully saturated rings. The Labute approximate surface area is 181 Å². The van der Waals surface area contributed by atoms with Gasteiger partial charge < -0.3 is 15.1 Å². The molecule has 1 rings (SSSR count). The van der Waals surface area contributed by atoms with Gasteiger partial charge >= 0.3 is 0 Å². The number of nitrogens with zero attached hydrogens (tertiary/aromatic N) is 2. The van der Waals surface area contributed by atoms with E-state index in [4.69, 9.17) is 5.21 Å². The van der Waals surface area contributed by atoms with Gasteiger partial charge in [-0.25, -0.2) is 5.48 Å². The van der Waals surface area contributed by atoms with Crippen molar-refractivity contribution in [1.29, 1.82) is 0 Å². The first-order chi connectivity index (χ1) is 14.3. The number of hydrogen-bond acceptors (Lipinski definition) is 5. The highest BCUT2D eigenvalue weighted by atomic mass is 16.5. The lowest BCUT2D eigenvalue weighted by Crippen LogP contribution is -2.53. The lowest BCUT2D eigenvalue weighted by molar-refractivity contribution is -0.140. The van der Waals surface area contributed by atoms with Crippen molar-refractivity contribution in [2.75, 3.05) is 33.7 Å². The average Bonchev–Trinajstić information content (AvgIpc) is 2.69. The number of hydrogen-bond donors (Lipinski definition) is 3. The molecule has 0 aromatic heterocycles. The van der Waals surface area contributed by atoms with E-state index in [1.54, 1.807) is 5.48 Å². The second kappa shape index (κ2) is 14.4. The lowest BCUT2D eigenvalue weighted by Gasteiger charge is -2.31. The minimum Gasteiger partial charge on any atom is -0.344 e. The highest BCUT2D eigenvalue weighted by molar-refractivity contribution is 5.90. The van der Waals surface area contributed by atoms with Gasteiger partial charge in [-0.15, -0.1) is 0 Å². The highest BCUT2D eigenvalue weighted by Crippen LogP contribution is 2.19. The van der Waals surface area contributed by atoms with Crippen molar-refractivity contribution in [3.05, 3.63) is 0 Å². The summed E-state index contributed by atoms with van der Waals surface area (Å²) in [5.74, 6) is -1.50. The summed E-state index contributed by atoms with van der Waals surface area (Å²) in [6.07, 6.45) is 7.52. The largest absolute Gasteiger partial charge is 0.344 e.